The summed E-state index contributed by atoms with van der Waals surface area (Å²) in [5.74, 6) is -1.26. The molecular formula is C28H29F3O2. The maximum atomic E-state index is 14.7. The van der Waals surface area contributed by atoms with Gasteiger partial charge in [-0.1, -0.05) is 37.3 Å². The first kappa shape index (κ1) is 23.2. The lowest BCUT2D eigenvalue weighted by molar-refractivity contribution is 0.192. The minimum atomic E-state index is -0.957. The minimum Gasteiger partial charge on any atom is -0.497 e. The maximum Gasteiger partial charge on any atom is 0.201 e. The van der Waals surface area contributed by atoms with E-state index < -0.39 is 11.6 Å². The fourth-order valence-electron chi connectivity index (χ4n) is 4.60. The van der Waals surface area contributed by atoms with Crippen molar-refractivity contribution in [2.24, 2.45) is 5.92 Å². The van der Waals surface area contributed by atoms with Gasteiger partial charge in [0.1, 0.15) is 11.6 Å². The molecule has 5 heteroatoms. The Hall–Kier alpha value is -2.95. The van der Waals surface area contributed by atoms with Gasteiger partial charge in [-0.05, 0) is 78.8 Å². The van der Waals surface area contributed by atoms with Crippen molar-refractivity contribution in [2.45, 2.75) is 44.9 Å². The van der Waals surface area contributed by atoms with Gasteiger partial charge in [-0.2, -0.15) is 4.39 Å². The number of rotatable bonds is 7. The fraction of sp³-hybridized carbons (Fsp3) is 0.357. The SMILES string of the molecule is CCc1ccc(-c2ccc(OCC3CCC(c4ccc(OC)cc4F)CC3)c(F)c2F)cc1. The van der Waals surface area contributed by atoms with Crippen LogP contribution in [0.15, 0.2) is 54.6 Å². The molecule has 2 nitrogen and oxygen atoms in total. The van der Waals surface area contributed by atoms with E-state index in [-0.39, 0.29) is 29.0 Å². The normalized spacial score (nSPS) is 18.2. The molecule has 174 valence electrons. The highest BCUT2D eigenvalue weighted by Crippen LogP contribution is 2.38. The molecule has 4 rings (SSSR count). The van der Waals surface area contributed by atoms with Gasteiger partial charge >= 0.3 is 0 Å². The number of halogens is 3. The van der Waals surface area contributed by atoms with Gasteiger partial charge in [0.15, 0.2) is 11.6 Å². The molecule has 0 N–H and O–H groups in total. The lowest BCUT2D eigenvalue weighted by atomic mass is 9.79. The lowest BCUT2D eigenvalue weighted by Gasteiger charge is -2.29. The number of ether oxygens (including phenoxy) is 2. The van der Waals surface area contributed by atoms with Crippen molar-refractivity contribution < 1.29 is 22.6 Å². The van der Waals surface area contributed by atoms with Gasteiger partial charge in [-0.15, -0.1) is 0 Å². The number of benzene rings is 3. The monoisotopic (exact) mass is 454 g/mol. The highest BCUT2D eigenvalue weighted by Gasteiger charge is 2.25. The fourth-order valence-corrected chi connectivity index (χ4v) is 4.60. The van der Waals surface area contributed by atoms with E-state index in [0.29, 0.717) is 23.5 Å². The van der Waals surface area contributed by atoms with Crippen LogP contribution < -0.4 is 9.47 Å². The van der Waals surface area contributed by atoms with Gasteiger partial charge in [0.05, 0.1) is 13.7 Å². The molecule has 0 aliphatic heterocycles. The Morgan fingerprint density at radius 3 is 2.21 bits per heavy atom. The van der Waals surface area contributed by atoms with Crippen LogP contribution in [-0.4, -0.2) is 13.7 Å². The Bertz CT molecular complexity index is 1090. The van der Waals surface area contributed by atoms with Gasteiger partial charge in [-0.25, -0.2) is 8.78 Å². The van der Waals surface area contributed by atoms with Crippen molar-refractivity contribution in [1.82, 2.24) is 0 Å². The predicted molar refractivity (Wildman–Crippen MR) is 124 cm³/mol. The highest BCUT2D eigenvalue weighted by molar-refractivity contribution is 5.65. The van der Waals surface area contributed by atoms with E-state index in [9.17, 15) is 13.2 Å². The first-order valence-corrected chi connectivity index (χ1v) is 11.5. The van der Waals surface area contributed by atoms with E-state index >= 15 is 0 Å². The molecule has 0 bridgehead atoms. The maximum absolute atomic E-state index is 14.7. The molecule has 0 unspecified atom stereocenters. The molecule has 3 aromatic rings. The molecule has 1 aliphatic rings. The second kappa shape index (κ2) is 10.3. The Balaban J connectivity index is 1.35. The van der Waals surface area contributed by atoms with Crippen molar-refractivity contribution in [2.75, 3.05) is 13.7 Å². The van der Waals surface area contributed by atoms with Crippen molar-refractivity contribution in [1.29, 1.82) is 0 Å². The molecule has 0 atom stereocenters. The summed E-state index contributed by atoms with van der Waals surface area (Å²) in [7, 11) is 1.52. The lowest BCUT2D eigenvalue weighted by Crippen LogP contribution is -2.20. The van der Waals surface area contributed by atoms with E-state index in [1.165, 1.54) is 19.2 Å². The van der Waals surface area contributed by atoms with Crippen LogP contribution in [0.4, 0.5) is 13.2 Å². The van der Waals surface area contributed by atoms with Gasteiger partial charge < -0.3 is 9.47 Å². The first-order chi connectivity index (χ1) is 16.0. The van der Waals surface area contributed by atoms with Gasteiger partial charge in [0, 0.05) is 11.6 Å². The zero-order chi connectivity index (χ0) is 23.4. The predicted octanol–water partition coefficient (Wildman–Crippen LogP) is 7.69. The third-order valence-electron chi connectivity index (χ3n) is 6.69. The van der Waals surface area contributed by atoms with Crippen molar-refractivity contribution in [3.05, 3.63) is 83.2 Å². The molecule has 1 fully saturated rings. The average Bonchev–Trinajstić information content (AvgIpc) is 2.85. The van der Waals surface area contributed by atoms with Gasteiger partial charge in [0.2, 0.25) is 5.82 Å². The number of methoxy groups -OCH3 is 1. The van der Waals surface area contributed by atoms with Crippen LogP contribution in [0.5, 0.6) is 11.5 Å². The number of hydrogen-bond acceptors (Lipinski definition) is 2. The van der Waals surface area contributed by atoms with Gasteiger partial charge in [0.25, 0.3) is 0 Å². The quantitative estimate of drug-likeness (QED) is 0.364. The minimum absolute atomic E-state index is 0.0650. The van der Waals surface area contributed by atoms with E-state index in [4.69, 9.17) is 9.47 Å². The Morgan fingerprint density at radius 2 is 1.58 bits per heavy atom. The van der Waals surface area contributed by atoms with Crippen molar-refractivity contribution >= 4 is 0 Å². The van der Waals surface area contributed by atoms with Crippen molar-refractivity contribution in [3.63, 3.8) is 0 Å². The van der Waals surface area contributed by atoms with E-state index in [2.05, 4.69) is 0 Å². The summed E-state index contributed by atoms with van der Waals surface area (Å²) < 4.78 is 54.5. The molecule has 1 saturated carbocycles. The van der Waals surface area contributed by atoms with Crippen LogP contribution in [0, 0.1) is 23.4 Å². The standard InChI is InChI=1S/C28H29F3O2/c1-3-18-4-8-21(9-5-18)24-14-15-26(28(31)27(24)30)33-17-19-6-10-20(11-7-19)23-13-12-22(32-2)16-25(23)29/h4-5,8-9,12-16,19-20H,3,6-7,10-11,17H2,1-2H3. The Kier molecular flexibility index (Phi) is 7.26. The van der Waals surface area contributed by atoms with Crippen LogP contribution >= 0.6 is 0 Å². The smallest absolute Gasteiger partial charge is 0.201 e. The zero-order valence-electron chi connectivity index (χ0n) is 19.0. The Morgan fingerprint density at radius 1 is 0.848 bits per heavy atom. The summed E-state index contributed by atoms with van der Waals surface area (Å²) in [6.07, 6.45) is 4.26. The summed E-state index contributed by atoms with van der Waals surface area (Å²) in [5.41, 5.74) is 2.72. The summed E-state index contributed by atoms with van der Waals surface area (Å²) in [6.45, 7) is 2.37. The molecule has 0 aromatic heterocycles. The zero-order valence-corrected chi connectivity index (χ0v) is 19.0. The van der Waals surface area contributed by atoms with E-state index in [1.807, 2.05) is 19.1 Å². The topological polar surface area (TPSA) is 18.5 Å². The third kappa shape index (κ3) is 5.18. The van der Waals surface area contributed by atoms with Crippen LogP contribution in [0.1, 0.15) is 49.7 Å². The number of hydrogen-bond donors (Lipinski definition) is 0. The molecule has 0 saturated heterocycles. The largest absolute Gasteiger partial charge is 0.497 e. The summed E-state index contributed by atoms with van der Waals surface area (Å²) in [6, 6.07) is 15.5. The van der Waals surface area contributed by atoms with Crippen LogP contribution in [0.3, 0.4) is 0 Å². The summed E-state index contributed by atoms with van der Waals surface area (Å²) in [4.78, 5) is 0. The van der Waals surface area contributed by atoms with E-state index in [0.717, 1.165) is 37.7 Å². The first-order valence-electron chi connectivity index (χ1n) is 11.5. The van der Waals surface area contributed by atoms with Crippen LogP contribution in [0.25, 0.3) is 11.1 Å². The van der Waals surface area contributed by atoms with Crippen LogP contribution in [-0.2, 0) is 6.42 Å². The van der Waals surface area contributed by atoms with Gasteiger partial charge in [-0.3, -0.25) is 0 Å². The van der Waals surface area contributed by atoms with Crippen molar-refractivity contribution in [3.8, 4) is 22.6 Å². The molecule has 1 aliphatic carbocycles. The molecule has 3 aromatic carbocycles. The second-order valence-corrected chi connectivity index (χ2v) is 8.71. The molecule has 0 spiro atoms. The molecule has 0 amide bonds. The second-order valence-electron chi connectivity index (χ2n) is 8.71. The third-order valence-corrected chi connectivity index (χ3v) is 6.69. The average molecular weight is 455 g/mol. The number of aryl methyl sites for hydroxylation is 1. The summed E-state index contributed by atoms with van der Waals surface area (Å²) >= 11 is 0. The molecular weight excluding hydrogens is 425 g/mol. The molecule has 0 heterocycles. The van der Waals surface area contributed by atoms with E-state index in [1.54, 1.807) is 30.3 Å². The van der Waals surface area contributed by atoms with Crippen LogP contribution in [0.2, 0.25) is 0 Å². The molecule has 0 radical (unpaired) electrons. The Labute approximate surface area is 193 Å². The highest BCUT2D eigenvalue weighted by atomic mass is 19.2. The summed E-state index contributed by atoms with van der Waals surface area (Å²) in [5, 5.41) is 0. The molecule has 33 heavy (non-hydrogen) atoms.